The fraction of sp³-hybridized carbons (Fsp3) is 0.211. The zero-order chi connectivity index (χ0) is 17.6. The molecular weight excluding hydrogens is 357 g/mol. The number of fused-ring (bicyclic) bond motifs is 3. The molecule has 0 saturated carbocycles. The summed E-state index contributed by atoms with van der Waals surface area (Å²) in [5, 5.41) is 14.1. The third kappa shape index (κ3) is 3.01. The van der Waals surface area contributed by atoms with E-state index in [0.717, 1.165) is 27.6 Å². The lowest BCUT2D eigenvalue weighted by molar-refractivity contribution is 0.136. The first-order valence-corrected chi connectivity index (χ1v) is 8.81. The number of aromatic nitrogens is 3. The van der Waals surface area contributed by atoms with Crippen molar-refractivity contribution >= 4 is 45.0 Å². The molecule has 0 spiro atoms. The summed E-state index contributed by atoms with van der Waals surface area (Å²) in [4.78, 5) is 4.20. The summed E-state index contributed by atoms with van der Waals surface area (Å²) in [7, 11) is 0. The van der Waals surface area contributed by atoms with E-state index in [0.29, 0.717) is 23.1 Å². The van der Waals surface area contributed by atoms with E-state index >= 15 is 0 Å². The van der Waals surface area contributed by atoms with Crippen molar-refractivity contribution in [3.05, 3.63) is 64.7 Å². The number of aliphatic hydroxyl groups excluding tert-OH is 1. The van der Waals surface area contributed by atoms with Crippen LogP contribution in [0.15, 0.2) is 48.8 Å². The maximum absolute atomic E-state index is 10.6. The SMILES string of the molecule is Cc1nccn1C[C@@H](O)Cn1c2ccc(Cl)cc2c2cc(Cl)ccc21. The van der Waals surface area contributed by atoms with Crippen molar-refractivity contribution in [2.45, 2.75) is 26.1 Å². The minimum absolute atomic E-state index is 0.473. The summed E-state index contributed by atoms with van der Waals surface area (Å²) in [6.45, 7) is 2.90. The van der Waals surface area contributed by atoms with Crippen molar-refractivity contribution in [3.63, 3.8) is 0 Å². The van der Waals surface area contributed by atoms with E-state index < -0.39 is 6.10 Å². The number of hydrogen-bond donors (Lipinski definition) is 1. The predicted octanol–water partition coefficient (Wildman–Crippen LogP) is 4.67. The van der Waals surface area contributed by atoms with Gasteiger partial charge in [0.15, 0.2) is 0 Å². The molecule has 0 aliphatic rings. The van der Waals surface area contributed by atoms with Gasteiger partial charge in [-0.15, -0.1) is 0 Å². The van der Waals surface area contributed by atoms with Crippen LogP contribution in [-0.2, 0) is 13.1 Å². The molecule has 6 heteroatoms. The highest BCUT2D eigenvalue weighted by atomic mass is 35.5. The number of aryl methyl sites for hydroxylation is 1. The van der Waals surface area contributed by atoms with Crippen molar-refractivity contribution < 1.29 is 5.11 Å². The molecule has 2 heterocycles. The summed E-state index contributed by atoms with van der Waals surface area (Å²) in [5.41, 5.74) is 2.06. The van der Waals surface area contributed by atoms with Crippen LogP contribution in [0.4, 0.5) is 0 Å². The van der Waals surface area contributed by atoms with Crippen LogP contribution in [0.2, 0.25) is 10.0 Å². The molecule has 1 N–H and O–H groups in total. The minimum atomic E-state index is -0.543. The first-order valence-electron chi connectivity index (χ1n) is 8.06. The highest BCUT2D eigenvalue weighted by Crippen LogP contribution is 2.33. The molecule has 0 saturated heterocycles. The Bertz CT molecular complexity index is 1010. The average Bonchev–Trinajstić information content (AvgIpc) is 3.10. The van der Waals surface area contributed by atoms with E-state index in [4.69, 9.17) is 23.2 Å². The molecule has 0 aliphatic heterocycles. The van der Waals surface area contributed by atoms with Crippen molar-refractivity contribution in [1.82, 2.24) is 14.1 Å². The van der Waals surface area contributed by atoms with Crippen LogP contribution in [0.3, 0.4) is 0 Å². The zero-order valence-electron chi connectivity index (χ0n) is 13.7. The lowest BCUT2D eigenvalue weighted by Crippen LogP contribution is -2.22. The summed E-state index contributed by atoms with van der Waals surface area (Å²) in [6.07, 6.45) is 3.08. The van der Waals surface area contributed by atoms with Gasteiger partial charge in [0.1, 0.15) is 5.82 Å². The van der Waals surface area contributed by atoms with Crippen molar-refractivity contribution in [2.24, 2.45) is 0 Å². The highest BCUT2D eigenvalue weighted by molar-refractivity contribution is 6.33. The summed E-state index contributed by atoms with van der Waals surface area (Å²) in [6, 6.07) is 11.6. The molecule has 25 heavy (non-hydrogen) atoms. The van der Waals surface area contributed by atoms with Gasteiger partial charge >= 0.3 is 0 Å². The topological polar surface area (TPSA) is 43.0 Å². The standard InChI is InChI=1S/C19H17Cl2N3O/c1-12-22-6-7-23(12)10-15(25)11-24-18-4-2-13(20)8-16(18)17-9-14(21)3-5-19(17)24/h2-9,15,25H,10-11H2,1H3/t15-/m1/s1. The monoisotopic (exact) mass is 373 g/mol. The van der Waals surface area contributed by atoms with Crippen molar-refractivity contribution in [2.75, 3.05) is 0 Å². The van der Waals surface area contributed by atoms with Gasteiger partial charge in [0.2, 0.25) is 0 Å². The molecule has 0 radical (unpaired) electrons. The summed E-state index contributed by atoms with van der Waals surface area (Å²) in [5.74, 6) is 0.889. The Morgan fingerprint density at radius 2 is 1.60 bits per heavy atom. The van der Waals surface area contributed by atoms with Crippen LogP contribution in [0.1, 0.15) is 5.82 Å². The smallest absolute Gasteiger partial charge is 0.105 e. The number of imidazole rings is 1. The molecular formula is C19H17Cl2N3O. The molecule has 0 amide bonds. The Hall–Kier alpha value is -2.01. The third-order valence-electron chi connectivity index (χ3n) is 4.51. The third-order valence-corrected chi connectivity index (χ3v) is 4.98. The molecule has 4 aromatic rings. The maximum atomic E-state index is 10.6. The number of benzene rings is 2. The van der Waals surface area contributed by atoms with E-state index in [1.54, 1.807) is 6.20 Å². The zero-order valence-corrected chi connectivity index (χ0v) is 15.2. The number of rotatable bonds is 4. The molecule has 4 nitrogen and oxygen atoms in total. The Morgan fingerprint density at radius 3 is 2.12 bits per heavy atom. The summed E-state index contributed by atoms with van der Waals surface area (Å²) >= 11 is 12.4. The van der Waals surface area contributed by atoms with Gasteiger partial charge in [-0.05, 0) is 43.3 Å². The van der Waals surface area contributed by atoms with E-state index in [1.165, 1.54) is 0 Å². The van der Waals surface area contributed by atoms with Crippen LogP contribution in [0.5, 0.6) is 0 Å². The second-order valence-corrected chi connectivity index (χ2v) is 7.09. The minimum Gasteiger partial charge on any atom is -0.389 e. The van der Waals surface area contributed by atoms with E-state index in [-0.39, 0.29) is 0 Å². The van der Waals surface area contributed by atoms with Gasteiger partial charge in [-0.3, -0.25) is 0 Å². The van der Waals surface area contributed by atoms with Crippen LogP contribution in [0.25, 0.3) is 21.8 Å². The molecule has 4 rings (SSSR count). The Balaban J connectivity index is 1.78. The normalized spacial score (nSPS) is 13.0. The van der Waals surface area contributed by atoms with Gasteiger partial charge in [-0.25, -0.2) is 4.98 Å². The largest absolute Gasteiger partial charge is 0.389 e. The Labute approximate surface area is 155 Å². The van der Waals surface area contributed by atoms with Gasteiger partial charge in [0.25, 0.3) is 0 Å². The molecule has 0 fully saturated rings. The van der Waals surface area contributed by atoms with Gasteiger partial charge in [0.05, 0.1) is 19.2 Å². The quantitative estimate of drug-likeness (QED) is 0.564. The lowest BCUT2D eigenvalue weighted by Gasteiger charge is -2.15. The molecule has 128 valence electrons. The average molecular weight is 374 g/mol. The summed E-state index contributed by atoms with van der Waals surface area (Å²) < 4.78 is 4.07. The van der Waals surface area contributed by atoms with Crippen LogP contribution < -0.4 is 0 Å². The van der Waals surface area contributed by atoms with Gasteiger partial charge < -0.3 is 14.2 Å². The van der Waals surface area contributed by atoms with E-state index in [1.807, 2.05) is 54.1 Å². The molecule has 0 bridgehead atoms. The number of nitrogens with zero attached hydrogens (tertiary/aromatic N) is 3. The fourth-order valence-electron chi connectivity index (χ4n) is 3.34. The lowest BCUT2D eigenvalue weighted by atomic mass is 10.1. The van der Waals surface area contributed by atoms with Gasteiger partial charge in [0, 0.05) is 44.2 Å². The molecule has 2 aromatic carbocycles. The first kappa shape index (κ1) is 16.5. The first-order chi connectivity index (χ1) is 12.0. The molecule has 0 aliphatic carbocycles. The number of halogens is 2. The van der Waals surface area contributed by atoms with Crippen LogP contribution in [-0.4, -0.2) is 25.3 Å². The highest BCUT2D eigenvalue weighted by Gasteiger charge is 2.15. The van der Waals surface area contributed by atoms with Crippen LogP contribution in [0, 0.1) is 6.92 Å². The van der Waals surface area contributed by atoms with Crippen molar-refractivity contribution in [1.29, 1.82) is 0 Å². The van der Waals surface area contributed by atoms with Crippen LogP contribution >= 0.6 is 23.2 Å². The number of aliphatic hydroxyl groups is 1. The Morgan fingerprint density at radius 1 is 1.00 bits per heavy atom. The Kier molecular flexibility index (Phi) is 4.20. The predicted molar refractivity (Wildman–Crippen MR) is 102 cm³/mol. The van der Waals surface area contributed by atoms with Gasteiger partial charge in [-0.1, -0.05) is 23.2 Å². The number of hydrogen-bond acceptors (Lipinski definition) is 2. The van der Waals surface area contributed by atoms with E-state index in [2.05, 4.69) is 9.55 Å². The maximum Gasteiger partial charge on any atom is 0.105 e. The molecule has 1 atom stereocenters. The second-order valence-electron chi connectivity index (χ2n) is 6.21. The fourth-order valence-corrected chi connectivity index (χ4v) is 3.68. The van der Waals surface area contributed by atoms with E-state index in [9.17, 15) is 5.11 Å². The van der Waals surface area contributed by atoms with Gasteiger partial charge in [-0.2, -0.15) is 0 Å². The molecule has 0 unspecified atom stereocenters. The second kappa shape index (κ2) is 6.37. The molecule has 2 aromatic heterocycles. The van der Waals surface area contributed by atoms with Crippen molar-refractivity contribution in [3.8, 4) is 0 Å².